The summed E-state index contributed by atoms with van der Waals surface area (Å²) < 4.78 is 36.2. The van der Waals surface area contributed by atoms with Crippen LogP contribution in [0.4, 0.5) is 18.4 Å². The second-order valence-electron chi connectivity index (χ2n) is 8.70. The number of hydrogen-bond acceptors (Lipinski definition) is 6. The van der Waals surface area contributed by atoms with Crippen molar-refractivity contribution in [3.05, 3.63) is 53.6 Å². The minimum atomic E-state index is -1.32. The van der Waals surface area contributed by atoms with E-state index in [0.717, 1.165) is 31.0 Å². The average Bonchev–Trinajstić information content (AvgIpc) is 2.77. The zero-order valence-corrected chi connectivity index (χ0v) is 20.6. The lowest BCUT2D eigenvalue weighted by Crippen LogP contribution is -2.37. The van der Waals surface area contributed by atoms with Crippen molar-refractivity contribution in [3.8, 4) is 16.9 Å². The predicted octanol–water partition coefficient (Wildman–Crippen LogP) is 5.06. The highest BCUT2D eigenvalue weighted by Gasteiger charge is 2.27. The number of phenols is 1. The molecule has 0 fully saturated rings. The molecule has 0 bridgehead atoms. The van der Waals surface area contributed by atoms with Crippen LogP contribution in [0.5, 0.6) is 5.75 Å². The second kappa shape index (κ2) is 13.9. The molecule has 0 aliphatic heterocycles. The number of amides is 2. The minimum absolute atomic E-state index is 0.0248. The smallest absolute Gasteiger partial charge is 0.407 e. The van der Waals surface area contributed by atoms with Crippen molar-refractivity contribution >= 4 is 18.2 Å². The molecule has 0 aliphatic rings. The van der Waals surface area contributed by atoms with Gasteiger partial charge in [0, 0.05) is 23.1 Å². The number of carbonyl (C=O) groups excluding carboxylic acids is 2. The Morgan fingerprint density at radius 1 is 1.08 bits per heavy atom. The van der Waals surface area contributed by atoms with Crippen LogP contribution in [-0.2, 0) is 9.47 Å². The lowest BCUT2D eigenvalue weighted by molar-refractivity contribution is 0.0332. The van der Waals surface area contributed by atoms with E-state index in [-0.39, 0.29) is 35.9 Å². The van der Waals surface area contributed by atoms with Crippen LogP contribution in [-0.4, -0.2) is 47.6 Å². The monoisotopic (exact) mass is 510 g/mol. The number of hydrogen-bond donors (Lipinski definition) is 4. The van der Waals surface area contributed by atoms with E-state index in [4.69, 9.17) is 20.3 Å². The van der Waals surface area contributed by atoms with E-state index in [0.29, 0.717) is 6.07 Å². The molecule has 1 unspecified atom stereocenters. The standard InChI is InChI=1S/C13H8F2O3.C12H24N2O4/c14-8-2-3-9(11(15)6-8)7-1-4-12(16)10(5-7)13(17)18;1-5-6-12(4,7-17-10(13)15)8-18-11(16)14-9(2)3/h1-6,16H,(H,17,18);9H,5-8H2,1-4H3,(H2,13,15)(H,14,16). The van der Waals surface area contributed by atoms with E-state index in [1.54, 1.807) is 0 Å². The van der Waals surface area contributed by atoms with Crippen molar-refractivity contribution in [2.24, 2.45) is 11.1 Å². The number of nitrogens with two attached hydrogens (primary N) is 1. The quantitative estimate of drug-likeness (QED) is 0.368. The fourth-order valence-corrected chi connectivity index (χ4v) is 3.15. The largest absolute Gasteiger partial charge is 0.507 e. The summed E-state index contributed by atoms with van der Waals surface area (Å²) in [4.78, 5) is 32.8. The molecule has 198 valence electrons. The van der Waals surface area contributed by atoms with Gasteiger partial charge in [0.15, 0.2) is 0 Å². The average molecular weight is 511 g/mol. The molecule has 0 saturated carbocycles. The number of rotatable bonds is 9. The van der Waals surface area contributed by atoms with Crippen molar-refractivity contribution in [2.75, 3.05) is 13.2 Å². The summed E-state index contributed by atoms with van der Waals surface area (Å²) in [5.74, 6) is -3.24. The number of alkyl carbamates (subject to hydrolysis) is 1. The summed E-state index contributed by atoms with van der Waals surface area (Å²) in [7, 11) is 0. The first-order valence-electron chi connectivity index (χ1n) is 11.1. The number of aromatic hydroxyl groups is 1. The van der Waals surface area contributed by atoms with Gasteiger partial charge in [0.1, 0.15) is 36.2 Å². The molecule has 0 saturated heterocycles. The first-order chi connectivity index (χ1) is 16.8. The molecule has 0 aromatic heterocycles. The normalized spacial score (nSPS) is 12.1. The number of primary amides is 1. The molecule has 9 nitrogen and oxygen atoms in total. The number of halogens is 2. The first kappa shape index (κ1) is 30.1. The third-order valence-electron chi connectivity index (χ3n) is 4.84. The summed E-state index contributed by atoms with van der Waals surface area (Å²) in [6.07, 6.45) is 0.388. The van der Waals surface area contributed by atoms with Crippen LogP contribution in [0.1, 0.15) is 50.9 Å². The fraction of sp³-hybridized carbons (Fsp3) is 0.400. The molecule has 5 N–H and O–H groups in total. The van der Waals surface area contributed by atoms with Crippen molar-refractivity contribution in [2.45, 2.75) is 46.6 Å². The van der Waals surface area contributed by atoms with Gasteiger partial charge in [-0.2, -0.15) is 0 Å². The number of carboxylic acid groups (broad SMARTS) is 1. The molecule has 0 radical (unpaired) electrons. The SMILES string of the molecule is CCCC(C)(COC(N)=O)COC(=O)NC(C)C.O=C(O)c1cc(-c2ccc(F)cc2F)ccc1O. The third-order valence-corrected chi connectivity index (χ3v) is 4.84. The molecule has 0 heterocycles. The Hall–Kier alpha value is -3.89. The predicted molar refractivity (Wildman–Crippen MR) is 129 cm³/mol. The van der Waals surface area contributed by atoms with Gasteiger partial charge in [-0.15, -0.1) is 0 Å². The maximum absolute atomic E-state index is 13.5. The van der Waals surface area contributed by atoms with Gasteiger partial charge in [0.25, 0.3) is 0 Å². The molecular weight excluding hydrogens is 478 g/mol. The van der Waals surface area contributed by atoms with Crippen LogP contribution >= 0.6 is 0 Å². The van der Waals surface area contributed by atoms with Crippen LogP contribution < -0.4 is 11.1 Å². The summed E-state index contributed by atoms with van der Waals surface area (Å²) in [6.45, 7) is 7.93. The number of carboxylic acids is 1. The number of nitrogens with one attached hydrogen (secondary N) is 1. The topological polar surface area (TPSA) is 148 Å². The molecular formula is C25H32F2N2O7. The Bertz CT molecular complexity index is 1060. The van der Waals surface area contributed by atoms with E-state index in [9.17, 15) is 28.3 Å². The Morgan fingerprint density at radius 3 is 2.25 bits per heavy atom. The highest BCUT2D eigenvalue weighted by molar-refractivity contribution is 5.92. The van der Waals surface area contributed by atoms with E-state index < -0.39 is 41.0 Å². The first-order valence-corrected chi connectivity index (χ1v) is 11.1. The van der Waals surface area contributed by atoms with Gasteiger partial charge in [-0.1, -0.05) is 26.3 Å². The van der Waals surface area contributed by atoms with Crippen LogP contribution in [0, 0.1) is 17.0 Å². The van der Waals surface area contributed by atoms with E-state index in [1.807, 2.05) is 27.7 Å². The Kier molecular flexibility index (Phi) is 11.6. The highest BCUT2D eigenvalue weighted by Crippen LogP contribution is 2.28. The maximum Gasteiger partial charge on any atom is 0.407 e. The van der Waals surface area contributed by atoms with Gasteiger partial charge in [0.05, 0.1) is 0 Å². The van der Waals surface area contributed by atoms with Crippen LogP contribution in [0.2, 0.25) is 0 Å². The Labute approximate surface area is 208 Å². The maximum atomic E-state index is 13.5. The van der Waals surface area contributed by atoms with Crippen molar-refractivity contribution in [3.63, 3.8) is 0 Å². The lowest BCUT2D eigenvalue weighted by Gasteiger charge is -2.27. The number of benzene rings is 2. The van der Waals surface area contributed by atoms with Gasteiger partial charge < -0.3 is 30.7 Å². The fourth-order valence-electron chi connectivity index (χ4n) is 3.15. The van der Waals surface area contributed by atoms with Crippen LogP contribution in [0.15, 0.2) is 36.4 Å². The van der Waals surface area contributed by atoms with Gasteiger partial charge in [-0.05, 0) is 50.1 Å². The Morgan fingerprint density at radius 2 is 1.72 bits per heavy atom. The van der Waals surface area contributed by atoms with Gasteiger partial charge >= 0.3 is 18.2 Å². The molecule has 1 atom stereocenters. The summed E-state index contributed by atoms with van der Waals surface area (Å²) in [5, 5.41) is 20.8. The lowest BCUT2D eigenvalue weighted by atomic mass is 9.87. The number of carbonyl (C=O) groups is 3. The number of aromatic carboxylic acids is 1. The van der Waals surface area contributed by atoms with E-state index in [1.165, 1.54) is 12.1 Å². The molecule has 2 amide bonds. The molecule has 2 rings (SSSR count). The zero-order chi connectivity index (χ0) is 27.5. The molecule has 2 aromatic rings. The van der Waals surface area contributed by atoms with Gasteiger partial charge in [0.2, 0.25) is 0 Å². The molecule has 36 heavy (non-hydrogen) atoms. The highest BCUT2D eigenvalue weighted by atomic mass is 19.1. The number of ether oxygens (including phenoxy) is 2. The minimum Gasteiger partial charge on any atom is -0.507 e. The summed E-state index contributed by atoms with van der Waals surface area (Å²) in [5.41, 5.74) is 4.52. The zero-order valence-electron chi connectivity index (χ0n) is 20.6. The summed E-state index contributed by atoms with van der Waals surface area (Å²) >= 11 is 0. The van der Waals surface area contributed by atoms with Crippen LogP contribution in [0.25, 0.3) is 11.1 Å². The van der Waals surface area contributed by atoms with E-state index >= 15 is 0 Å². The third kappa shape index (κ3) is 10.2. The van der Waals surface area contributed by atoms with Crippen molar-refractivity contribution in [1.29, 1.82) is 0 Å². The van der Waals surface area contributed by atoms with Crippen LogP contribution in [0.3, 0.4) is 0 Å². The second-order valence-corrected chi connectivity index (χ2v) is 8.70. The van der Waals surface area contributed by atoms with E-state index in [2.05, 4.69) is 5.32 Å². The molecule has 0 spiro atoms. The Balaban J connectivity index is 0.000000360. The molecule has 2 aromatic carbocycles. The van der Waals surface area contributed by atoms with Gasteiger partial charge in [-0.3, -0.25) is 0 Å². The summed E-state index contributed by atoms with van der Waals surface area (Å²) in [6, 6.07) is 6.67. The molecule has 0 aliphatic carbocycles. The van der Waals surface area contributed by atoms with Crippen molar-refractivity contribution in [1.82, 2.24) is 5.32 Å². The molecule has 11 heteroatoms. The van der Waals surface area contributed by atoms with Gasteiger partial charge in [-0.25, -0.2) is 23.2 Å². The van der Waals surface area contributed by atoms with Crippen molar-refractivity contribution < 1.29 is 42.9 Å².